The quantitative estimate of drug-likeness (QED) is 0.844. The summed E-state index contributed by atoms with van der Waals surface area (Å²) in [5.41, 5.74) is 6.37. The minimum absolute atomic E-state index is 0.180. The zero-order valence-corrected chi connectivity index (χ0v) is 12.3. The smallest absolute Gasteiger partial charge is 0.170 e. The SMILES string of the molecule is CCC(N)C(Sc1nc(C)ns1)C(C)(C)C. The van der Waals surface area contributed by atoms with Gasteiger partial charge in [-0.3, -0.25) is 0 Å². The van der Waals surface area contributed by atoms with Crippen molar-refractivity contribution in [1.82, 2.24) is 9.36 Å². The van der Waals surface area contributed by atoms with Crippen LogP contribution in [0.25, 0.3) is 0 Å². The number of hydrogen-bond acceptors (Lipinski definition) is 5. The Kier molecular flexibility index (Phi) is 4.76. The van der Waals surface area contributed by atoms with Crippen LogP contribution in [0.2, 0.25) is 0 Å². The van der Waals surface area contributed by atoms with Crippen molar-refractivity contribution in [1.29, 1.82) is 0 Å². The number of thioether (sulfide) groups is 1. The van der Waals surface area contributed by atoms with Crippen LogP contribution in [0.3, 0.4) is 0 Å². The molecule has 5 heteroatoms. The largest absolute Gasteiger partial charge is 0.327 e. The molecule has 0 aliphatic heterocycles. The Morgan fingerprint density at radius 3 is 2.44 bits per heavy atom. The fraction of sp³-hybridized carbons (Fsp3) is 0.818. The maximum Gasteiger partial charge on any atom is 0.170 e. The van der Waals surface area contributed by atoms with Gasteiger partial charge in [0.2, 0.25) is 0 Å². The van der Waals surface area contributed by atoms with E-state index in [1.165, 1.54) is 11.5 Å². The van der Waals surface area contributed by atoms with Crippen LogP contribution < -0.4 is 5.73 Å². The Hall–Kier alpha value is -0.130. The Morgan fingerprint density at radius 1 is 1.44 bits per heavy atom. The Bertz CT molecular complexity index is 330. The van der Waals surface area contributed by atoms with Gasteiger partial charge in [0.1, 0.15) is 5.82 Å². The van der Waals surface area contributed by atoms with E-state index in [1.807, 2.05) is 6.92 Å². The second kappa shape index (κ2) is 5.47. The fourth-order valence-corrected chi connectivity index (χ4v) is 3.70. The van der Waals surface area contributed by atoms with Crippen LogP contribution in [0.5, 0.6) is 0 Å². The molecular formula is C11H21N3S2. The van der Waals surface area contributed by atoms with Crippen LogP contribution >= 0.6 is 23.3 Å². The highest BCUT2D eigenvalue weighted by Crippen LogP contribution is 2.38. The lowest BCUT2D eigenvalue weighted by atomic mass is 9.87. The Labute approximate surface area is 106 Å². The van der Waals surface area contributed by atoms with Crippen LogP contribution in [-0.2, 0) is 0 Å². The lowest BCUT2D eigenvalue weighted by Crippen LogP contribution is -2.40. The molecule has 0 aromatic carbocycles. The second-order valence-electron chi connectivity index (χ2n) is 5.08. The molecule has 2 N–H and O–H groups in total. The first-order chi connectivity index (χ1) is 7.34. The minimum Gasteiger partial charge on any atom is -0.327 e. The standard InChI is InChI=1S/C11H21N3S2/c1-6-8(12)9(11(3,4)5)15-10-13-7(2)14-16-10/h8-9H,6,12H2,1-5H3. The van der Waals surface area contributed by atoms with Gasteiger partial charge in [-0.2, -0.15) is 4.37 Å². The number of nitrogens with two attached hydrogens (primary N) is 1. The molecule has 1 heterocycles. The van der Waals surface area contributed by atoms with Gasteiger partial charge in [-0.25, -0.2) is 4.98 Å². The predicted molar refractivity (Wildman–Crippen MR) is 72.0 cm³/mol. The molecule has 0 saturated heterocycles. The van der Waals surface area contributed by atoms with E-state index in [0.717, 1.165) is 16.6 Å². The summed E-state index contributed by atoms with van der Waals surface area (Å²) in [4.78, 5) is 4.40. The minimum atomic E-state index is 0.180. The lowest BCUT2D eigenvalue weighted by molar-refractivity contribution is 0.350. The average Bonchev–Trinajstić information content (AvgIpc) is 2.57. The lowest BCUT2D eigenvalue weighted by Gasteiger charge is -2.33. The molecule has 2 atom stereocenters. The van der Waals surface area contributed by atoms with Gasteiger partial charge >= 0.3 is 0 Å². The summed E-state index contributed by atoms with van der Waals surface area (Å²) < 4.78 is 5.23. The van der Waals surface area contributed by atoms with Crippen LogP contribution in [-0.4, -0.2) is 20.6 Å². The van der Waals surface area contributed by atoms with E-state index < -0.39 is 0 Å². The zero-order valence-electron chi connectivity index (χ0n) is 10.7. The van der Waals surface area contributed by atoms with Gasteiger partial charge in [0, 0.05) is 11.3 Å². The van der Waals surface area contributed by atoms with Gasteiger partial charge in [-0.15, -0.1) is 0 Å². The number of rotatable bonds is 4. The summed E-state index contributed by atoms with van der Waals surface area (Å²) in [5, 5.41) is 0.379. The Morgan fingerprint density at radius 2 is 2.06 bits per heavy atom. The van der Waals surface area contributed by atoms with Crippen LogP contribution in [0.4, 0.5) is 0 Å². The third kappa shape index (κ3) is 3.71. The molecule has 3 nitrogen and oxygen atoms in total. The van der Waals surface area contributed by atoms with E-state index in [4.69, 9.17) is 5.73 Å². The first-order valence-corrected chi connectivity index (χ1v) is 7.22. The maximum absolute atomic E-state index is 6.19. The molecular weight excluding hydrogens is 238 g/mol. The van der Waals surface area contributed by atoms with Gasteiger partial charge < -0.3 is 5.73 Å². The molecule has 16 heavy (non-hydrogen) atoms. The van der Waals surface area contributed by atoms with Gasteiger partial charge in [0.25, 0.3) is 0 Å². The molecule has 0 bridgehead atoms. The molecule has 0 aliphatic rings. The van der Waals surface area contributed by atoms with E-state index >= 15 is 0 Å². The molecule has 2 unspecified atom stereocenters. The fourth-order valence-electron chi connectivity index (χ4n) is 1.56. The summed E-state index contributed by atoms with van der Waals surface area (Å²) in [7, 11) is 0. The van der Waals surface area contributed by atoms with Crippen molar-refractivity contribution in [2.75, 3.05) is 0 Å². The monoisotopic (exact) mass is 259 g/mol. The van der Waals surface area contributed by atoms with E-state index in [2.05, 4.69) is 37.1 Å². The highest BCUT2D eigenvalue weighted by atomic mass is 32.2. The molecule has 1 rings (SSSR count). The van der Waals surface area contributed by atoms with Crippen molar-refractivity contribution in [3.63, 3.8) is 0 Å². The number of aromatic nitrogens is 2. The molecule has 0 saturated carbocycles. The van der Waals surface area contributed by atoms with Crippen LogP contribution in [0, 0.1) is 12.3 Å². The van der Waals surface area contributed by atoms with Crippen molar-refractivity contribution < 1.29 is 0 Å². The summed E-state index contributed by atoms with van der Waals surface area (Å²) in [5.74, 6) is 0.852. The molecule has 1 aromatic heterocycles. The summed E-state index contributed by atoms with van der Waals surface area (Å²) in [6.07, 6.45) is 0.993. The third-order valence-electron chi connectivity index (χ3n) is 2.45. The predicted octanol–water partition coefficient (Wildman–Crippen LogP) is 3.09. The average molecular weight is 259 g/mol. The topological polar surface area (TPSA) is 51.8 Å². The molecule has 0 fully saturated rings. The van der Waals surface area contributed by atoms with E-state index in [0.29, 0.717) is 5.25 Å². The van der Waals surface area contributed by atoms with Crippen LogP contribution in [0.1, 0.15) is 39.9 Å². The number of hydrogen-bond donors (Lipinski definition) is 1. The molecule has 0 amide bonds. The second-order valence-corrected chi connectivity index (χ2v) is 7.22. The van der Waals surface area contributed by atoms with Crippen molar-refractivity contribution >= 4 is 23.3 Å². The van der Waals surface area contributed by atoms with Crippen molar-refractivity contribution in [3.05, 3.63) is 5.82 Å². The van der Waals surface area contributed by atoms with E-state index in [-0.39, 0.29) is 11.5 Å². The first-order valence-electron chi connectivity index (χ1n) is 5.57. The van der Waals surface area contributed by atoms with Gasteiger partial charge in [0.05, 0.1) is 0 Å². The Balaban J connectivity index is 2.79. The summed E-state index contributed by atoms with van der Waals surface area (Å²) in [6.45, 7) is 10.7. The highest BCUT2D eigenvalue weighted by molar-refractivity contribution is 8.01. The third-order valence-corrected chi connectivity index (χ3v) is 5.17. The van der Waals surface area contributed by atoms with Crippen LogP contribution in [0.15, 0.2) is 4.34 Å². The first kappa shape index (κ1) is 13.9. The van der Waals surface area contributed by atoms with Gasteiger partial charge in [0.15, 0.2) is 4.34 Å². The molecule has 1 aromatic rings. The maximum atomic E-state index is 6.19. The molecule has 0 aliphatic carbocycles. The van der Waals surface area contributed by atoms with Gasteiger partial charge in [-0.05, 0) is 30.3 Å². The van der Waals surface area contributed by atoms with Crippen molar-refractivity contribution in [3.8, 4) is 0 Å². The number of nitrogens with zero attached hydrogens (tertiary/aromatic N) is 2. The zero-order chi connectivity index (χ0) is 12.3. The molecule has 0 spiro atoms. The van der Waals surface area contributed by atoms with Crippen molar-refractivity contribution in [2.45, 2.75) is 56.7 Å². The highest BCUT2D eigenvalue weighted by Gasteiger charge is 2.31. The molecule has 92 valence electrons. The summed E-state index contributed by atoms with van der Waals surface area (Å²) in [6, 6.07) is 0.203. The molecule has 0 radical (unpaired) electrons. The van der Waals surface area contributed by atoms with E-state index in [1.54, 1.807) is 11.8 Å². The normalized spacial score (nSPS) is 16.1. The van der Waals surface area contributed by atoms with Gasteiger partial charge in [-0.1, -0.05) is 39.5 Å². The number of aryl methyl sites for hydroxylation is 1. The summed E-state index contributed by atoms with van der Waals surface area (Å²) >= 11 is 3.24. The van der Waals surface area contributed by atoms with E-state index in [9.17, 15) is 0 Å². The van der Waals surface area contributed by atoms with Crippen molar-refractivity contribution in [2.24, 2.45) is 11.1 Å².